The number of hydrogen-bond acceptors (Lipinski definition) is 3. The van der Waals surface area contributed by atoms with Crippen LogP contribution in [0.1, 0.15) is 5.56 Å². The Morgan fingerprint density at radius 2 is 2.21 bits per heavy atom. The van der Waals surface area contributed by atoms with Gasteiger partial charge in [-0.25, -0.2) is 0 Å². The molecule has 14 heavy (non-hydrogen) atoms. The van der Waals surface area contributed by atoms with Crippen molar-refractivity contribution in [1.82, 2.24) is 5.32 Å². The Morgan fingerprint density at radius 3 is 2.93 bits per heavy atom. The molecule has 0 aliphatic heterocycles. The number of methoxy groups -OCH3 is 1. The van der Waals surface area contributed by atoms with Gasteiger partial charge in [-0.2, -0.15) is 0 Å². The molecule has 0 amide bonds. The van der Waals surface area contributed by atoms with Gasteiger partial charge in [0, 0.05) is 11.9 Å². The van der Waals surface area contributed by atoms with Crippen LogP contribution in [0.15, 0.2) is 28.9 Å². The molecule has 0 spiro atoms. The summed E-state index contributed by atoms with van der Waals surface area (Å²) in [4.78, 5) is 0. The van der Waals surface area contributed by atoms with E-state index in [0.29, 0.717) is 0 Å². The van der Waals surface area contributed by atoms with Gasteiger partial charge >= 0.3 is 0 Å². The first-order valence-corrected chi connectivity index (χ1v) is 4.54. The molecular weight excluding hydrogens is 178 g/mol. The van der Waals surface area contributed by atoms with Crippen molar-refractivity contribution in [2.45, 2.75) is 6.54 Å². The third kappa shape index (κ3) is 1.36. The van der Waals surface area contributed by atoms with Crippen LogP contribution in [0, 0.1) is 0 Å². The lowest BCUT2D eigenvalue weighted by Crippen LogP contribution is -2.05. The number of nitrogens with one attached hydrogen (secondary N) is 1. The van der Waals surface area contributed by atoms with E-state index in [4.69, 9.17) is 9.15 Å². The molecule has 0 atom stereocenters. The molecule has 74 valence electrons. The van der Waals surface area contributed by atoms with Crippen molar-refractivity contribution in [3.8, 4) is 5.75 Å². The van der Waals surface area contributed by atoms with Gasteiger partial charge in [0.2, 0.25) is 0 Å². The third-order valence-corrected chi connectivity index (χ3v) is 2.26. The molecule has 1 aromatic heterocycles. The van der Waals surface area contributed by atoms with E-state index in [1.807, 2.05) is 25.2 Å². The van der Waals surface area contributed by atoms with Crippen LogP contribution in [-0.2, 0) is 6.54 Å². The van der Waals surface area contributed by atoms with E-state index in [1.54, 1.807) is 13.4 Å². The van der Waals surface area contributed by atoms with Crippen molar-refractivity contribution >= 4 is 11.0 Å². The molecule has 0 aliphatic carbocycles. The van der Waals surface area contributed by atoms with E-state index in [9.17, 15) is 0 Å². The molecular formula is C11H13NO2. The Balaban J connectivity index is 2.59. The van der Waals surface area contributed by atoms with Crippen molar-refractivity contribution in [3.05, 3.63) is 30.0 Å². The molecule has 0 saturated carbocycles. The van der Waals surface area contributed by atoms with Crippen LogP contribution in [0.2, 0.25) is 0 Å². The van der Waals surface area contributed by atoms with Crippen molar-refractivity contribution < 1.29 is 9.15 Å². The maximum Gasteiger partial charge on any atom is 0.175 e. The SMILES string of the molecule is CNCc1ccc(OC)c2occc12. The smallest absolute Gasteiger partial charge is 0.175 e. The number of rotatable bonds is 3. The van der Waals surface area contributed by atoms with Crippen LogP contribution in [0.25, 0.3) is 11.0 Å². The average molecular weight is 191 g/mol. The minimum atomic E-state index is 0.782. The summed E-state index contributed by atoms with van der Waals surface area (Å²) >= 11 is 0. The summed E-state index contributed by atoms with van der Waals surface area (Å²) in [6.07, 6.45) is 1.69. The summed E-state index contributed by atoms with van der Waals surface area (Å²) in [6.45, 7) is 0.833. The number of furan rings is 1. The van der Waals surface area contributed by atoms with Gasteiger partial charge in [-0.1, -0.05) is 6.07 Å². The average Bonchev–Trinajstić information content (AvgIpc) is 2.67. The summed E-state index contributed by atoms with van der Waals surface area (Å²) in [7, 11) is 3.57. The van der Waals surface area contributed by atoms with E-state index < -0.39 is 0 Å². The second-order valence-electron chi connectivity index (χ2n) is 3.12. The van der Waals surface area contributed by atoms with Crippen molar-refractivity contribution in [2.24, 2.45) is 0 Å². The molecule has 1 aromatic carbocycles. The first-order chi connectivity index (χ1) is 6.86. The van der Waals surface area contributed by atoms with Gasteiger partial charge in [-0.15, -0.1) is 0 Å². The molecule has 1 heterocycles. The quantitative estimate of drug-likeness (QED) is 0.807. The molecule has 0 unspecified atom stereocenters. The highest BCUT2D eigenvalue weighted by molar-refractivity contribution is 5.86. The molecule has 3 nitrogen and oxygen atoms in total. The predicted octanol–water partition coefficient (Wildman–Crippen LogP) is 2.16. The first-order valence-electron chi connectivity index (χ1n) is 4.54. The lowest BCUT2D eigenvalue weighted by molar-refractivity contribution is 0.410. The molecule has 2 rings (SSSR count). The molecule has 1 N–H and O–H groups in total. The fraction of sp³-hybridized carbons (Fsp3) is 0.273. The molecule has 2 aromatic rings. The Morgan fingerprint density at radius 1 is 1.36 bits per heavy atom. The number of fused-ring (bicyclic) bond motifs is 1. The fourth-order valence-electron chi connectivity index (χ4n) is 1.60. The molecule has 0 saturated heterocycles. The molecule has 0 bridgehead atoms. The molecule has 0 fully saturated rings. The summed E-state index contributed by atoms with van der Waals surface area (Å²) in [6, 6.07) is 5.94. The second kappa shape index (κ2) is 3.72. The Labute approximate surface area is 82.7 Å². The zero-order chi connectivity index (χ0) is 9.97. The lowest BCUT2D eigenvalue weighted by Gasteiger charge is -2.05. The summed E-state index contributed by atoms with van der Waals surface area (Å²) in [5.74, 6) is 0.782. The maximum absolute atomic E-state index is 5.37. The highest BCUT2D eigenvalue weighted by atomic mass is 16.5. The van der Waals surface area contributed by atoms with Gasteiger partial charge in [0.1, 0.15) is 0 Å². The van der Waals surface area contributed by atoms with E-state index in [2.05, 4.69) is 5.32 Å². The highest BCUT2D eigenvalue weighted by Crippen LogP contribution is 2.29. The summed E-state index contributed by atoms with van der Waals surface area (Å²) < 4.78 is 10.6. The number of ether oxygens (including phenoxy) is 1. The molecule has 0 aliphatic rings. The monoisotopic (exact) mass is 191 g/mol. The van der Waals surface area contributed by atoms with Crippen molar-refractivity contribution in [1.29, 1.82) is 0 Å². The molecule has 0 radical (unpaired) electrons. The van der Waals surface area contributed by atoms with E-state index in [0.717, 1.165) is 23.3 Å². The fourth-order valence-corrected chi connectivity index (χ4v) is 1.60. The predicted molar refractivity (Wildman–Crippen MR) is 55.5 cm³/mol. The van der Waals surface area contributed by atoms with Crippen LogP contribution in [0.3, 0.4) is 0 Å². The van der Waals surface area contributed by atoms with E-state index >= 15 is 0 Å². The van der Waals surface area contributed by atoms with E-state index in [1.165, 1.54) is 5.56 Å². The first kappa shape index (κ1) is 9.09. The number of hydrogen-bond donors (Lipinski definition) is 1. The number of benzene rings is 1. The van der Waals surface area contributed by atoms with Gasteiger partial charge < -0.3 is 14.5 Å². The Hall–Kier alpha value is -1.48. The van der Waals surface area contributed by atoms with Gasteiger partial charge in [0.15, 0.2) is 11.3 Å². The minimum absolute atomic E-state index is 0.782. The van der Waals surface area contributed by atoms with Crippen LogP contribution >= 0.6 is 0 Å². The summed E-state index contributed by atoms with van der Waals surface area (Å²) in [5.41, 5.74) is 2.04. The highest BCUT2D eigenvalue weighted by Gasteiger charge is 2.08. The van der Waals surface area contributed by atoms with Gasteiger partial charge in [-0.3, -0.25) is 0 Å². The van der Waals surface area contributed by atoms with Crippen LogP contribution in [0.4, 0.5) is 0 Å². The largest absolute Gasteiger partial charge is 0.493 e. The van der Waals surface area contributed by atoms with Crippen molar-refractivity contribution in [2.75, 3.05) is 14.2 Å². The zero-order valence-electron chi connectivity index (χ0n) is 8.33. The van der Waals surface area contributed by atoms with E-state index in [-0.39, 0.29) is 0 Å². The van der Waals surface area contributed by atoms with Crippen molar-refractivity contribution in [3.63, 3.8) is 0 Å². The van der Waals surface area contributed by atoms with Gasteiger partial charge in [-0.05, 0) is 24.7 Å². The summed E-state index contributed by atoms with van der Waals surface area (Å²) in [5, 5.41) is 4.23. The minimum Gasteiger partial charge on any atom is -0.493 e. The topological polar surface area (TPSA) is 34.4 Å². The lowest BCUT2D eigenvalue weighted by atomic mass is 10.1. The van der Waals surface area contributed by atoms with Crippen LogP contribution in [-0.4, -0.2) is 14.2 Å². The normalized spacial score (nSPS) is 10.7. The standard InChI is InChI=1S/C11H13NO2/c1-12-7-8-3-4-10(13-2)11-9(8)5-6-14-11/h3-6,12H,7H2,1-2H3. The second-order valence-corrected chi connectivity index (χ2v) is 3.12. The van der Waals surface area contributed by atoms with Gasteiger partial charge in [0.05, 0.1) is 13.4 Å². The Kier molecular flexibility index (Phi) is 2.41. The van der Waals surface area contributed by atoms with Gasteiger partial charge in [0.25, 0.3) is 0 Å². The maximum atomic E-state index is 5.37. The third-order valence-electron chi connectivity index (χ3n) is 2.26. The zero-order valence-corrected chi connectivity index (χ0v) is 8.33. The Bertz CT molecular complexity index is 434. The molecule has 3 heteroatoms. The van der Waals surface area contributed by atoms with Crippen LogP contribution < -0.4 is 10.1 Å². The van der Waals surface area contributed by atoms with Crippen LogP contribution in [0.5, 0.6) is 5.75 Å².